The number of pyridine rings is 1. The summed E-state index contributed by atoms with van der Waals surface area (Å²) < 4.78 is 24.0. The van der Waals surface area contributed by atoms with Crippen molar-refractivity contribution in [2.75, 3.05) is 5.75 Å². The lowest BCUT2D eigenvalue weighted by Gasteiger charge is -2.07. The summed E-state index contributed by atoms with van der Waals surface area (Å²) in [5.74, 6) is 0.0824. The maximum absolute atomic E-state index is 12.0. The van der Waals surface area contributed by atoms with Crippen molar-refractivity contribution in [3.63, 3.8) is 0 Å². The quantitative estimate of drug-likeness (QED) is 0.810. The normalized spacial score (nSPS) is 11.5. The zero-order chi connectivity index (χ0) is 13.9. The molecule has 0 N–H and O–H groups in total. The van der Waals surface area contributed by atoms with Crippen LogP contribution in [-0.2, 0) is 9.84 Å². The summed E-state index contributed by atoms with van der Waals surface area (Å²) >= 11 is 6.01. The monoisotopic (exact) mass is 295 g/mol. The van der Waals surface area contributed by atoms with Crippen LogP contribution in [0.25, 0.3) is 11.3 Å². The van der Waals surface area contributed by atoms with Gasteiger partial charge in [0.25, 0.3) is 0 Å². The molecular weight excluding hydrogens is 282 g/mol. The largest absolute Gasteiger partial charge is 0.235 e. The van der Waals surface area contributed by atoms with E-state index in [-0.39, 0.29) is 15.8 Å². The number of sulfone groups is 1. The van der Waals surface area contributed by atoms with E-state index in [0.717, 1.165) is 5.56 Å². The van der Waals surface area contributed by atoms with Gasteiger partial charge in [0.1, 0.15) is 10.0 Å². The van der Waals surface area contributed by atoms with E-state index in [1.165, 1.54) is 6.07 Å². The van der Waals surface area contributed by atoms with E-state index in [2.05, 4.69) is 4.98 Å². The SMILES string of the molecule is CCCS(=O)(=O)c1ccc(-c2ccccc2)nc1Cl. The molecule has 0 atom stereocenters. The first kappa shape index (κ1) is 14.0. The van der Waals surface area contributed by atoms with Crippen LogP contribution in [0.2, 0.25) is 5.15 Å². The fraction of sp³-hybridized carbons (Fsp3) is 0.214. The van der Waals surface area contributed by atoms with Crippen LogP contribution in [-0.4, -0.2) is 19.2 Å². The molecule has 1 aromatic heterocycles. The molecule has 0 saturated heterocycles. The Morgan fingerprint density at radius 3 is 2.37 bits per heavy atom. The van der Waals surface area contributed by atoms with Crippen LogP contribution in [0.4, 0.5) is 0 Å². The molecule has 2 aromatic rings. The van der Waals surface area contributed by atoms with Crippen molar-refractivity contribution in [3.8, 4) is 11.3 Å². The molecule has 2 rings (SSSR count). The second kappa shape index (κ2) is 5.72. The Balaban J connectivity index is 2.44. The van der Waals surface area contributed by atoms with E-state index >= 15 is 0 Å². The zero-order valence-corrected chi connectivity index (χ0v) is 12.1. The van der Waals surface area contributed by atoms with Gasteiger partial charge in [-0.1, -0.05) is 48.9 Å². The molecule has 1 heterocycles. The van der Waals surface area contributed by atoms with E-state index in [4.69, 9.17) is 11.6 Å². The van der Waals surface area contributed by atoms with Crippen molar-refractivity contribution in [1.29, 1.82) is 0 Å². The van der Waals surface area contributed by atoms with Gasteiger partial charge in [-0.2, -0.15) is 0 Å². The molecule has 0 aliphatic rings. The Morgan fingerprint density at radius 2 is 1.79 bits per heavy atom. The Labute approximate surface area is 118 Å². The molecule has 0 saturated carbocycles. The third-order valence-corrected chi connectivity index (χ3v) is 5.04. The van der Waals surface area contributed by atoms with Crippen molar-refractivity contribution >= 4 is 21.4 Å². The molecule has 0 unspecified atom stereocenters. The maximum Gasteiger partial charge on any atom is 0.181 e. The molecule has 0 fully saturated rings. The van der Waals surface area contributed by atoms with Gasteiger partial charge in [-0.15, -0.1) is 0 Å². The standard InChI is InChI=1S/C14H14ClNO2S/c1-2-10-19(17,18)13-9-8-12(16-14(13)15)11-6-4-3-5-7-11/h3-9H,2,10H2,1H3. The number of hydrogen-bond acceptors (Lipinski definition) is 3. The van der Waals surface area contributed by atoms with Crippen LogP contribution in [0.15, 0.2) is 47.4 Å². The van der Waals surface area contributed by atoms with E-state index < -0.39 is 9.84 Å². The first-order valence-electron chi connectivity index (χ1n) is 5.99. The first-order chi connectivity index (χ1) is 9.04. The lowest BCUT2D eigenvalue weighted by Crippen LogP contribution is -2.07. The smallest absolute Gasteiger partial charge is 0.181 e. The minimum atomic E-state index is -3.33. The Kier molecular flexibility index (Phi) is 4.22. The first-order valence-corrected chi connectivity index (χ1v) is 8.02. The van der Waals surface area contributed by atoms with Crippen molar-refractivity contribution in [2.24, 2.45) is 0 Å². The van der Waals surface area contributed by atoms with Crippen LogP contribution in [0.5, 0.6) is 0 Å². The molecule has 100 valence electrons. The van der Waals surface area contributed by atoms with Gasteiger partial charge >= 0.3 is 0 Å². The second-order valence-electron chi connectivity index (χ2n) is 4.17. The molecule has 19 heavy (non-hydrogen) atoms. The molecule has 0 aliphatic carbocycles. The molecule has 0 amide bonds. The number of nitrogens with zero attached hydrogens (tertiary/aromatic N) is 1. The van der Waals surface area contributed by atoms with Crippen LogP contribution in [0.3, 0.4) is 0 Å². The highest BCUT2D eigenvalue weighted by atomic mass is 35.5. The summed E-state index contributed by atoms with van der Waals surface area (Å²) in [7, 11) is -3.33. The third-order valence-electron chi connectivity index (χ3n) is 2.69. The highest BCUT2D eigenvalue weighted by molar-refractivity contribution is 7.91. The molecule has 0 radical (unpaired) electrons. The van der Waals surface area contributed by atoms with Crippen LogP contribution in [0.1, 0.15) is 13.3 Å². The van der Waals surface area contributed by atoms with E-state index in [1.54, 1.807) is 6.07 Å². The topological polar surface area (TPSA) is 47.0 Å². The molecule has 3 nitrogen and oxygen atoms in total. The van der Waals surface area contributed by atoms with Crippen LogP contribution in [0, 0.1) is 0 Å². The number of benzene rings is 1. The fourth-order valence-corrected chi connectivity index (χ4v) is 3.64. The predicted molar refractivity (Wildman–Crippen MR) is 77.0 cm³/mol. The van der Waals surface area contributed by atoms with Gasteiger partial charge in [0.05, 0.1) is 11.4 Å². The van der Waals surface area contributed by atoms with Crippen molar-refractivity contribution in [2.45, 2.75) is 18.2 Å². The Bertz CT molecular complexity index is 669. The average molecular weight is 296 g/mol. The fourth-order valence-electron chi connectivity index (χ4n) is 1.80. The van der Waals surface area contributed by atoms with Gasteiger partial charge in [0.2, 0.25) is 0 Å². The summed E-state index contributed by atoms with van der Waals surface area (Å²) in [6.45, 7) is 1.82. The van der Waals surface area contributed by atoms with E-state index in [9.17, 15) is 8.42 Å². The molecule has 0 spiro atoms. The number of hydrogen-bond donors (Lipinski definition) is 0. The van der Waals surface area contributed by atoms with Crippen molar-refractivity contribution < 1.29 is 8.42 Å². The van der Waals surface area contributed by atoms with Gasteiger partial charge in [0.15, 0.2) is 9.84 Å². The van der Waals surface area contributed by atoms with Gasteiger partial charge in [-0.3, -0.25) is 0 Å². The second-order valence-corrected chi connectivity index (χ2v) is 6.61. The Morgan fingerprint density at radius 1 is 1.11 bits per heavy atom. The molecule has 0 bridgehead atoms. The highest BCUT2D eigenvalue weighted by Gasteiger charge is 2.18. The lowest BCUT2D eigenvalue weighted by atomic mass is 10.1. The average Bonchev–Trinajstić information content (AvgIpc) is 2.39. The number of halogens is 1. The minimum Gasteiger partial charge on any atom is -0.235 e. The maximum atomic E-state index is 12.0. The lowest BCUT2D eigenvalue weighted by molar-refractivity contribution is 0.594. The number of aromatic nitrogens is 1. The molecule has 0 aliphatic heterocycles. The van der Waals surface area contributed by atoms with E-state index in [0.29, 0.717) is 12.1 Å². The summed E-state index contributed by atoms with van der Waals surface area (Å²) in [6, 6.07) is 12.7. The van der Waals surface area contributed by atoms with Crippen molar-refractivity contribution in [1.82, 2.24) is 4.98 Å². The number of rotatable bonds is 4. The zero-order valence-electron chi connectivity index (χ0n) is 10.5. The van der Waals surface area contributed by atoms with Crippen LogP contribution >= 0.6 is 11.6 Å². The van der Waals surface area contributed by atoms with Gasteiger partial charge in [-0.05, 0) is 18.6 Å². The summed E-state index contributed by atoms with van der Waals surface area (Å²) in [4.78, 5) is 4.29. The van der Waals surface area contributed by atoms with Gasteiger partial charge in [-0.25, -0.2) is 13.4 Å². The third kappa shape index (κ3) is 3.14. The molecule has 5 heteroatoms. The van der Waals surface area contributed by atoms with Crippen molar-refractivity contribution in [3.05, 3.63) is 47.6 Å². The highest BCUT2D eigenvalue weighted by Crippen LogP contribution is 2.25. The summed E-state index contributed by atoms with van der Waals surface area (Å²) in [5.41, 5.74) is 1.57. The Hall–Kier alpha value is -1.39. The predicted octanol–water partition coefficient (Wildman–Crippen LogP) is 3.59. The summed E-state index contributed by atoms with van der Waals surface area (Å²) in [5, 5.41) is 0.0369. The van der Waals surface area contributed by atoms with Gasteiger partial charge in [0, 0.05) is 5.56 Å². The minimum absolute atomic E-state index is 0.0369. The van der Waals surface area contributed by atoms with Crippen LogP contribution < -0.4 is 0 Å². The van der Waals surface area contributed by atoms with Gasteiger partial charge < -0.3 is 0 Å². The summed E-state index contributed by atoms with van der Waals surface area (Å²) in [6.07, 6.45) is 0.555. The van der Waals surface area contributed by atoms with E-state index in [1.807, 2.05) is 37.3 Å². The molecule has 1 aromatic carbocycles. The molecular formula is C14H14ClNO2S.